The third kappa shape index (κ3) is 9.24. The highest BCUT2D eigenvalue weighted by atomic mass is 79.9. The first-order chi connectivity index (χ1) is 22.6. The van der Waals surface area contributed by atoms with Crippen LogP contribution in [-0.2, 0) is 32.6 Å². The molecule has 0 radical (unpaired) electrons. The summed E-state index contributed by atoms with van der Waals surface area (Å²) < 4.78 is 30.3. The lowest BCUT2D eigenvalue weighted by Crippen LogP contribution is -2.55. The second kappa shape index (κ2) is 16.0. The number of carbonyl (C=O) groups is 2. The third-order valence-corrected chi connectivity index (χ3v) is 11.1. The standard InChI is InChI=1S/C37H39BrClN3O4S/c1-27-12-22-34(23-13-27)47(45,46)42(33-20-16-30(38)17-21-33)26-36(43)41(25-29-14-18-31(39)19-15-29)35(24-28-8-4-2-5-9-28)37(44)40-32-10-6-3-7-11-32/h2,4-5,8-9,12-23,32,35H,3,6-7,10-11,24-26H2,1H3,(H,40,44). The number of rotatable bonds is 12. The lowest BCUT2D eigenvalue weighted by Gasteiger charge is -2.35. The molecule has 7 nitrogen and oxygen atoms in total. The number of benzene rings is 4. The molecule has 1 aliphatic carbocycles. The van der Waals surface area contributed by atoms with Crippen LogP contribution in [-0.4, -0.2) is 43.8 Å². The van der Waals surface area contributed by atoms with Crippen LogP contribution in [0.1, 0.15) is 48.8 Å². The molecule has 0 aromatic heterocycles. The molecule has 246 valence electrons. The van der Waals surface area contributed by atoms with E-state index >= 15 is 0 Å². The van der Waals surface area contributed by atoms with Gasteiger partial charge in [0.15, 0.2) is 0 Å². The van der Waals surface area contributed by atoms with E-state index in [1.165, 1.54) is 4.90 Å². The highest BCUT2D eigenvalue weighted by Crippen LogP contribution is 2.27. The van der Waals surface area contributed by atoms with Gasteiger partial charge in [-0.25, -0.2) is 8.42 Å². The maximum absolute atomic E-state index is 14.6. The van der Waals surface area contributed by atoms with Crippen molar-refractivity contribution in [1.82, 2.24) is 10.2 Å². The molecule has 47 heavy (non-hydrogen) atoms. The van der Waals surface area contributed by atoms with E-state index in [1.807, 2.05) is 49.4 Å². The van der Waals surface area contributed by atoms with Crippen molar-refractivity contribution in [1.29, 1.82) is 0 Å². The van der Waals surface area contributed by atoms with Gasteiger partial charge in [-0.1, -0.05) is 107 Å². The number of anilines is 1. The molecule has 1 unspecified atom stereocenters. The number of sulfonamides is 1. The summed E-state index contributed by atoms with van der Waals surface area (Å²) in [7, 11) is -4.17. The van der Waals surface area contributed by atoms with E-state index in [0.29, 0.717) is 10.7 Å². The molecule has 0 aliphatic heterocycles. The molecular weight excluding hydrogens is 698 g/mol. The van der Waals surface area contributed by atoms with Crippen molar-refractivity contribution < 1.29 is 18.0 Å². The Morgan fingerprint density at radius 2 is 1.49 bits per heavy atom. The molecular formula is C37H39BrClN3O4S. The Morgan fingerprint density at radius 3 is 2.13 bits per heavy atom. The molecule has 1 atom stereocenters. The highest BCUT2D eigenvalue weighted by Gasteiger charge is 2.35. The maximum Gasteiger partial charge on any atom is 0.264 e. The van der Waals surface area contributed by atoms with Gasteiger partial charge >= 0.3 is 0 Å². The molecule has 0 saturated heterocycles. The molecule has 0 bridgehead atoms. The molecule has 2 amide bonds. The molecule has 1 saturated carbocycles. The third-order valence-electron chi connectivity index (χ3n) is 8.49. The molecule has 10 heteroatoms. The monoisotopic (exact) mass is 735 g/mol. The first kappa shape index (κ1) is 34.7. The number of halogens is 2. The Morgan fingerprint density at radius 1 is 0.851 bits per heavy atom. The SMILES string of the molecule is Cc1ccc(S(=O)(=O)N(CC(=O)N(Cc2ccc(Cl)cc2)C(Cc2ccccc2)C(=O)NC2CCCCC2)c2ccc(Br)cc2)cc1. The summed E-state index contributed by atoms with van der Waals surface area (Å²) in [5.74, 6) is -0.752. The first-order valence-corrected chi connectivity index (χ1v) is 18.4. The normalized spacial score (nSPS) is 14.3. The Balaban J connectivity index is 1.55. The van der Waals surface area contributed by atoms with E-state index in [4.69, 9.17) is 11.6 Å². The Labute approximate surface area is 291 Å². The number of aryl methyl sites for hydroxylation is 1. The molecule has 0 heterocycles. The Hall–Kier alpha value is -3.66. The minimum absolute atomic E-state index is 0.0307. The molecule has 1 aliphatic rings. The maximum atomic E-state index is 14.6. The average Bonchev–Trinajstić information content (AvgIpc) is 3.07. The van der Waals surface area contributed by atoms with Crippen LogP contribution in [0.3, 0.4) is 0 Å². The van der Waals surface area contributed by atoms with Crippen molar-refractivity contribution in [3.05, 3.63) is 129 Å². The van der Waals surface area contributed by atoms with Gasteiger partial charge in [-0.15, -0.1) is 0 Å². The molecule has 1 fully saturated rings. The zero-order valence-corrected chi connectivity index (χ0v) is 29.5. The van der Waals surface area contributed by atoms with Crippen LogP contribution in [0.2, 0.25) is 5.02 Å². The van der Waals surface area contributed by atoms with E-state index < -0.39 is 28.5 Å². The number of nitrogens with one attached hydrogen (secondary N) is 1. The Kier molecular flexibility index (Phi) is 11.8. The second-order valence-electron chi connectivity index (χ2n) is 12.0. The summed E-state index contributed by atoms with van der Waals surface area (Å²) in [5.41, 5.74) is 2.90. The molecule has 4 aromatic rings. The lowest BCUT2D eigenvalue weighted by atomic mass is 9.94. The predicted molar refractivity (Wildman–Crippen MR) is 191 cm³/mol. The zero-order valence-electron chi connectivity index (χ0n) is 26.3. The van der Waals surface area contributed by atoms with Crippen LogP contribution in [0, 0.1) is 6.92 Å². The summed E-state index contributed by atoms with van der Waals surface area (Å²) in [4.78, 5) is 30.4. The number of hydrogen-bond acceptors (Lipinski definition) is 4. The molecule has 4 aromatic carbocycles. The number of carbonyl (C=O) groups excluding carboxylic acids is 2. The van der Waals surface area contributed by atoms with Crippen LogP contribution in [0.15, 0.2) is 112 Å². The summed E-state index contributed by atoms with van der Waals surface area (Å²) in [6, 6.07) is 29.2. The van der Waals surface area contributed by atoms with Gasteiger partial charge in [0.05, 0.1) is 10.6 Å². The van der Waals surface area contributed by atoms with Crippen LogP contribution >= 0.6 is 27.5 Å². The van der Waals surface area contributed by atoms with Crippen molar-refractivity contribution >= 4 is 55.1 Å². The van der Waals surface area contributed by atoms with Crippen molar-refractivity contribution in [2.75, 3.05) is 10.8 Å². The fourth-order valence-electron chi connectivity index (χ4n) is 5.86. The number of amides is 2. The molecule has 5 rings (SSSR count). The predicted octanol–water partition coefficient (Wildman–Crippen LogP) is 7.70. The van der Waals surface area contributed by atoms with Gasteiger partial charge in [0.1, 0.15) is 12.6 Å². The fraction of sp³-hybridized carbons (Fsp3) is 0.297. The minimum atomic E-state index is -4.17. The summed E-state index contributed by atoms with van der Waals surface area (Å²) in [5, 5.41) is 3.78. The average molecular weight is 737 g/mol. The topological polar surface area (TPSA) is 86.8 Å². The zero-order chi connectivity index (χ0) is 33.4. The van der Waals surface area contributed by atoms with Gasteiger partial charge in [-0.2, -0.15) is 0 Å². The highest BCUT2D eigenvalue weighted by molar-refractivity contribution is 9.10. The van der Waals surface area contributed by atoms with E-state index in [2.05, 4.69) is 21.2 Å². The first-order valence-electron chi connectivity index (χ1n) is 15.8. The van der Waals surface area contributed by atoms with Crippen LogP contribution in [0.5, 0.6) is 0 Å². The summed E-state index contributed by atoms with van der Waals surface area (Å²) in [6.45, 7) is 1.46. The van der Waals surface area contributed by atoms with Crippen molar-refractivity contribution in [3.63, 3.8) is 0 Å². The number of hydrogen-bond donors (Lipinski definition) is 1. The van der Waals surface area contributed by atoms with Gasteiger partial charge in [0, 0.05) is 28.5 Å². The quantitative estimate of drug-likeness (QED) is 0.162. The van der Waals surface area contributed by atoms with Gasteiger partial charge in [0.25, 0.3) is 10.0 Å². The van der Waals surface area contributed by atoms with Crippen molar-refractivity contribution in [2.24, 2.45) is 0 Å². The van der Waals surface area contributed by atoms with Crippen LogP contribution in [0.25, 0.3) is 0 Å². The molecule has 1 N–H and O–H groups in total. The largest absolute Gasteiger partial charge is 0.352 e. The second-order valence-corrected chi connectivity index (χ2v) is 15.2. The van der Waals surface area contributed by atoms with Gasteiger partial charge in [0.2, 0.25) is 11.8 Å². The van der Waals surface area contributed by atoms with Gasteiger partial charge in [-0.05, 0) is 79.4 Å². The van der Waals surface area contributed by atoms with Crippen molar-refractivity contribution in [3.8, 4) is 0 Å². The fourth-order valence-corrected chi connectivity index (χ4v) is 7.66. The van der Waals surface area contributed by atoms with E-state index in [0.717, 1.165) is 57.6 Å². The summed E-state index contributed by atoms with van der Waals surface area (Å²) in [6.07, 6.45) is 5.27. The van der Waals surface area contributed by atoms with E-state index in [-0.39, 0.29) is 29.8 Å². The smallest absolute Gasteiger partial charge is 0.264 e. The van der Waals surface area contributed by atoms with Gasteiger partial charge < -0.3 is 10.2 Å². The number of nitrogens with zero attached hydrogens (tertiary/aromatic N) is 2. The lowest BCUT2D eigenvalue weighted by molar-refractivity contribution is -0.140. The Bertz CT molecular complexity index is 1750. The van der Waals surface area contributed by atoms with Gasteiger partial charge in [-0.3, -0.25) is 13.9 Å². The van der Waals surface area contributed by atoms with Crippen molar-refractivity contribution in [2.45, 2.75) is 69.0 Å². The summed E-state index contributed by atoms with van der Waals surface area (Å²) >= 11 is 9.61. The van der Waals surface area contributed by atoms with Crippen LogP contribution in [0.4, 0.5) is 5.69 Å². The van der Waals surface area contributed by atoms with Crippen LogP contribution < -0.4 is 9.62 Å². The molecule has 0 spiro atoms. The van der Waals surface area contributed by atoms with E-state index in [1.54, 1.807) is 60.7 Å². The van der Waals surface area contributed by atoms with E-state index in [9.17, 15) is 18.0 Å². The minimum Gasteiger partial charge on any atom is -0.352 e.